The lowest BCUT2D eigenvalue weighted by molar-refractivity contribution is -0.136. The van der Waals surface area contributed by atoms with Crippen LogP contribution < -0.4 is 0 Å². The molecule has 6 heteroatoms. The number of hydrogen-bond donors (Lipinski definition) is 1. The lowest BCUT2D eigenvalue weighted by atomic mass is 9.98. The molecule has 3 aliphatic rings. The molecule has 1 N–H and O–H groups in total. The van der Waals surface area contributed by atoms with Crippen LogP contribution >= 0.6 is 0 Å². The molecule has 1 aromatic heterocycles. The predicted octanol–water partition coefficient (Wildman–Crippen LogP) is 0.923. The molecule has 2 saturated carbocycles. The predicted molar refractivity (Wildman–Crippen MR) is 67.0 cm³/mol. The Balaban J connectivity index is 1.46. The fourth-order valence-corrected chi connectivity index (χ4v) is 3.59. The van der Waals surface area contributed by atoms with Crippen LogP contribution in [0.4, 0.5) is 0 Å². The third kappa shape index (κ3) is 1.93. The third-order valence-corrected chi connectivity index (χ3v) is 5.10. The number of rotatable bonds is 3. The Morgan fingerprint density at radius 3 is 3.00 bits per heavy atom. The van der Waals surface area contributed by atoms with Crippen molar-refractivity contribution >= 4 is 5.91 Å². The summed E-state index contributed by atoms with van der Waals surface area (Å²) in [7, 11) is 0. The van der Waals surface area contributed by atoms with E-state index in [1.165, 1.54) is 19.3 Å². The molecule has 1 aromatic rings. The van der Waals surface area contributed by atoms with E-state index in [1.807, 2.05) is 0 Å². The van der Waals surface area contributed by atoms with Crippen LogP contribution in [0.15, 0.2) is 0 Å². The molecule has 102 valence electrons. The van der Waals surface area contributed by atoms with Crippen LogP contribution in [-0.4, -0.2) is 44.0 Å². The quantitative estimate of drug-likeness (QED) is 0.878. The summed E-state index contributed by atoms with van der Waals surface area (Å²) in [4.78, 5) is 14.7. The molecular weight excluding hydrogens is 242 g/mol. The molecule has 2 aliphatic carbocycles. The molecule has 1 spiro atoms. The van der Waals surface area contributed by atoms with E-state index in [4.69, 9.17) is 0 Å². The Morgan fingerprint density at radius 1 is 1.42 bits per heavy atom. The smallest absolute Gasteiger partial charge is 0.226 e. The molecular formula is C13H19N5O. The van der Waals surface area contributed by atoms with Gasteiger partial charge in [0, 0.05) is 24.9 Å². The molecule has 19 heavy (non-hydrogen) atoms. The van der Waals surface area contributed by atoms with E-state index in [1.54, 1.807) is 0 Å². The number of carbonyl (C=O) groups excluding carboxylic acids is 1. The SMILES string of the molecule is O=C(C1CC12CC2)N1CCCCC1Cc1nn[nH]n1. The molecule has 0 aromatic carbocycles. The molecule has 2 atom stereocenters. The minimum Gasteiger partial charge on any atom is -0.339 e. The Hall–Kier alpha value is -1.46. The number of nitrogens with zero attached hydrogens (tertiary/aromatic N) is 4. The number of carbonyl (C=O) groups is 1. The Morgan fingerprint density at radius 2 is 2.32 bits per heavy atom. The Bertz CT molecular complexity index is 481. The molecule has 2 heterocycles. The van der Waals surface area contributed by atoms with Crippen molar-refractivity contribution in [1.29, 1.82) is 0 Å². The normalized spacial score (nSPS) is 31.5. The Kier molecular flexibility index (Phi) is 2.40. The first-order valence-corrected chi connectivity index (χ1v) is 7.31. The van der Waals surface area contributed by atoms with Crippen LogP contribution in [0.2, 0.25) is 0 Å². The molecule has 1 amide bonds. The third-order valence-electron chi connectivity index (χ3n) is 5.10. The highest BCUT2D eigenvalue weighted by atomic mass is 16.2. The van der Waals surface area contributed by atoms with Crippen molar-refractivity contribution in [3.05, 3.63) is 5.82 Å². The number of amides is 1. The number of hydrogen-bond acceptors (Lipinski definition) is 4. The molecule has 1 aliphatic heterocycles. The van der Waals surface area contributed by atoms with Crippen molar-refractivity contribution in [1.82, 2.24) is 25.5 Å². The van der Waals surface area contributed by atoms with Crippen molar-refractivity contribution < 1.29 is 4.79 Å². The van der Waals surface area contributed by atoms with E-state index < -0.39 is 0 Å². The fourth-order valence-electron chi connectivity index (χ4n) is 3.59. The van der Waals surface area contributed by atoms with Gasteiger partial charge in [-0.15, -0.1) is 10.2 Å². The first kappa shape index (κ1) is 11.4. The summed E-state index contributed by atoms with van der Waals surface area (Å²) >= 11 is 0. The van der Waals surface area contributed by atoms with Crippen LogP contribution in [0.3, 0.4) is 0 Å². The van der Waals surface area contributed by atoms with Crippen molar-refractivity contribution in [2.45, 2.75) is 51.0 Å². The maximum atomic E-state index is 12.6. The lowest BCUT2D eigenvalue weighted by Gasteiger charge is -2.35. The highest BCUT2D eigenvalue weighted by Gasteiger charge is 2.66. The summed E-state index contributed by atoms with van der Waals surface area (Å²) in [5, 5.41) is 14.1. The van der Waals surface area contributed by atoms with Gasteiger partial charge in [0.15, 0.2) is 5.82 Å². The number of aromatic amines is 1. The molecule has 1 saturated heterocycles. The van der Waals surface area contributed by atoms with Crippen molar-refractivity contribution in [3.8, 4) is 0 Å². The summed E-state index contributed by atoms with van der Waals surface area (Å²) < 4.78 is 0. The van der Waals surface area contributed by atoms with Gasteiger partial charge in [0.1, 0.15) is 0 Å². The maximum absolute atomic E-state index is 12.6. The standard InChI is InChI=1S/C13H19N5O/c19-12(10-8-13(10)4-5-13)18-6-2-1-3-9(18)7-11-14-16-17-15-11/h9-10H,1-8H2,(H,14,15,16,17). The number of likely N-dealkylation sites (tertiary alicyclic amines) is 1. The molecule has 0 radical (unpaired) electrons. The molecule has 2 unspecified atom stereocenters. The zero-order valence-corrected chi connectivity index (χ0v) is 11.0. The van der Waals surface area contributed by atoms with Crippen LogP contribution in [0.25, 0.3) is 0 Å². The maximum Gasteiger partial charge on any atom is 0.226 e. The van der Waals surface area contributed by atoms with Gasteiger partial charge in [0.05, 0.1) is 0 Å². The highest BCUT2D eigenvalue weighted by Crippen LogP contribution is 2.71. The van der Waals surface area contributed by atoms with E-state index in [-0.39, 0.29) is 6.04 Å². The first-order valence-electron chi connectivity index (χ1n) is 7.31. The average Bonchev–Trinajstić information content (AvgIpc) is 3.31. The van der Waals surface area contributed by atoms with Gasteiger partial charge in [0.25, 0.3) is 0 Å². The van der Waals surface area contributed by atoms with E-state index >= 15 is 0 Å². The van der Waals surface area contributed by atoms with Gasteiger partial charge in [-0.25, -0.2) is 0 Å². The molecule has 6 nitrogen and oxygen atoms in total. The molecule has 0 bridgehead atoms. The van der Waals surface area contributed by atoms with Crippen LogP contribution in [0.1, 0.15) is 44.3 Å². The van der Waals surface area contributed by atoms with Crippen molar-refractivity contribution in [2.24, 2.45) is 11.3 Å². The van der Waals surface area contributed by atoms with Crippen LogP contribution in [0.5, 0.6) is 0 Å². The lowest BCUT2D eigenvalue weighted by Crippen LogP contribution is -2.46. The van der Waals surface area contributed by atoms with Crippen LogP contribution in [0, 0.1) is 11.3 Å². The van der Waals surface area contributed by atoms with Gasteiger partial charge >= 0.3 is 0 Å². The highest BCUT2D eigenvalue weighted by molar-refractivity contribution is 5.84. The van der Waals surface area contributed by atoms with Crippen molar-refractivity contribution in [2.75, 3.05) is 6.54 Å². The summed E-state index contributed by atoms with van der Waals surface area (Å²) in [5.41, 5.74) is 0.450. The Labute approximate surface area is 111 Å². The summed E-state index contributed by atoms with van der Waals surface area (Å²) in [6.45, 7) is 0.911. The van der Waals surface area contributed by atoms with Gasteiger partial charge < -0.3 is 4.90 Å². The van der Waals surface area contributed by atoms with Gasteiger partial charge in [-0.3, -0.25) is 4.79 Å². The van der Waals surface area contributed by atoms with E-state index in [9.17, 15) is 4.79 Å². The average molecular weight is 261 g/mol. The number of aromatic nitrogens is 4. The zero-order chi connectivity index (χ0) is 12.9. The minimum atomic E-state index is 0.273. The second kappa shape index (κ2) is 4.02. The summed E-state index contributed by atoms with van der Waals surface area (Å²) in [5.74, 6) is 1.45. The summed E-state index contributed by atoms with van der Waals surface area (Å²) in [6.07, 6.45) is 7.81. The fraction of sp³-hybridized carbons (Fsp3) is 0.846. The first-order chi connectivity index (χ1) is 9.28. The van der Waals surface area contributed by atoms with Gasteiger partial charge in [-0.2, -0.15) is 5.21 Å². The number of H-pyrrole nitrogens is 1. The van der Waals surface area contributed by atoms with Crippen molar-refractivity contribution in [3.63, 3.8) is 0 Å². The van der Waals surface area contributed by atoms with E-state index in [2.05, 4.69) is 25.5 Å². The van der Waals surface area contributed by atoms with E-state index in [0.717, 1.165) is 38.1 Å². The minimum absolute atomic E-state index is 0.273. The van der Waals surface area contributed by atoms with Gasteiger partial charge in [-0.1, -0.05) is 5.21 Å². The van der Waals surface area contributed by atoms with Gasteiger partial charge in [-0.05, 0) is 43.9 Å². The number of nitrogens with one attached hydrogen (secondary N) is 1. The van der Waals surface area contributed by atoms with E-state index in [0.29, 0.717) is 17.2 Å². The topological polar surface area (TPSA) is 74.8 Å². The largest absolute Gasteiger partial charge is 0.339 e. The second-order valence-corrected chi connectivity index (χ2v) is 6.33. The number of tetrazole rings is 1. The molecule has 3 fully saturated rings. The number of piperidine rings is 1. The monoisotopic (exact) mass is 261 g/mol. The van der Waals surface area contributed by atoms with Crippen LogP contribution in [-0.2, 0) is 11.2 Å². The second-order valence-electron chi connectivity index (χ2n) is 6.33. The van der Waals surface area contributed by atoms with Gasteiger partial charge in [0.2, 0.25) is 5.91 Å². The zero-order valence-electron chi connectivity index (χ0n) is 11.0. The molecule has 4 rings (SSSR count). The summed E-state index contributed by atoms with van der Waals surface area (Å²) in [6, 6.07) is 0.273.